The number of rotatable bonds is 8. The third-order valence-corrected chi connectivity index (χ3v) is 3.11. The highest BCUT2D eigenvalue weighted by atomic mass is 28.2. The molecule has 0 N–H and O–H groups in total. The molecule has 0 aromatic rings. The van der Waals surface area contributed by atoms with Crippen molar-refractivity contribution < 1.29 is 14.2 Å². The minimum Gasteiger partial charge on any atom is -0.382 e. The summed E-state index contributed by atoms with van der Waals surface area (Å²) in [6.07, 6.45) is 0. The second-order valence-corrected chi connectivity index (χ2v) is 4.27. The van der Waals surface area contributed by atoms with Crippen LogP contribution in [0.4, 0.5) is 0 Å². The van der Waals surface area contributed by atoms with Gasteiger partial charge in [0.2, 0.25) is 0 Å². The van der Waals surface area contributed by atoms with Gasteiger partial charge in [-0.1, -0.05) is 17.3 Å². The van der Waals surface area contributed by atoms with Crippen LogP contribution in [-0.4, -0.2) is 43.2 Å². The Morgan fingerprint density at radius 2 is 1.86 bits per heavy atom. The fourth-order valence-corrected chi connectivity index (χ4v) is 1.28. The fraction of sp³-hybridized carbons (Fsp3) is 0.800. The van der Waals surface area contributed by atoms with E-state index in [1.165, 1.54) is 10.8 Å². The van der Waals surface area contributed by atoms with Gasteiger partial charge < -0.3 is 14.2 Å². The Morgan fingerprint density at radius 3 is 2.43 bits per heavy atom. The maximum absolute atomic E-state index is 5.33. The van der Waals surface area contributed by atoms with Gasteiger partial charge >= 0.3 is 0 Å². The molecule has 0 bridgehead atoms. The van der Waals surface area contributed by atoms with Crippen molar-refractivity contribution >= 4 is 9.52 Å². The van der Waals surface area contributed by atoms with Gasteiger partial charge in [0.05, 0.1) is 29.3 Å². The van der Waals surface area contributed by atoms with E-state index in [0.717, 1.165) is 9.52 Å². The Hall–Kier alpha value is -0.163. The summed E-state index contributed by atoms with van der Waals surface area (Å²) in [4.78, 5) is 0. The third-order valence-electron chi connectivity index (χ3n) is 1.93. The third kappa shape index (κ3) is 7.26. The number of hydrogen-bond acceptors (Lipinski definition) is 3. The standard InChI is InChI=1S/C10H20O3Si/c1-9(10(2)14-4)7-13-8-12-6-5-11-3/h5-8H2,1-4H3. The Kier molecular flexibility index (Phi) is 9.28. The van der Waals surface area contributed by atoms with Crippen LogP contribution in [-0.2, 0) is 14.2 Å². The molecule has 0 aliphatic heterocycles. The van der Waals surface area contributed by atoms with Crippen LogP contribution in [0.15, 0.2) is 10.8 Å². The number of methoxy groups -OCH3 is 1. The zero-order valence-electron chi connectivity index (χ0n) is 9.55. The van der Waals surface area contributed by atoms with Crippen molar-refractivity contribution in [2.24, 2.45) is 0 Å². The fourth-order valence-electron chi connectivity index (χ4n) is 0.777. The maximum Gasteiger partial charge on any atom is 0.147 e. The summed E-state index contributed by atoms with van der Waals surface area (Å²) in [7, 11) is 2.52. The molecule has 0 amide bonds. The highest BCUT2D eigenvalue weighted by Crippen LogP contribution is 2.01. The quantitative estimate of drug-likeness (QED) is 0.351. The van der Waals surface area contributed by atoms with Gasteiger partial charge in [0.15, 0.2) is 0 Å². The first-order chi connectivity index (χ1) is 6.72. The molecule has 0 saturated heterocycles. The number of ether oxygens (including phenoxy) is 3. The predicted molar refractivity (Wildman–Crippen MR) is 58.6 cm³/mol. The van der Waals surface area contributed by atoms with E-state index < -0.39 is 0 Å². The van der Waals surface area contributed by atoms with Crippen LogP contribution in [0, 0.1) is 0 Å². The maximum atomic E-state index is 5.33. The monoisotopic (exact) mass is 216 g/mol. The van der Waals surface area contributed by atoms with Gasteiger partial charge in [-0.2, -0.15) is 0 Å². The van der Waals surface area contributed by atoms with Crippen LogP contribution < -0.4 is 0 Å². The summed E-state index contributed by atoms with van der Waals surface area (Å²) in [5.41, 5.74) is 1.31. The molecular formula is C10H20O3Si. The van der Waals surface area contributed by atoms with Gasteiger partial charge in [0.1, 0.15) is 6.79 Å². The first-order valence-electron chi connectivity index (χ1n) is 4.71. The van der Waals surface area contributed by atoms with Crippen LogP contribution in [0.2, 0.25) is 6.55 Å². The minimum absolute atomic E-state index is 0.348. The molecule has 0 aromatic carbocycles. The summed E-state index contributed by atoms with van der Waals surface area (Å²) in [6.45, 7) is 8.64. The lowest BCUT2D eigenvalue weighted by molar-refractivity contribution is -0.0589. The first-order valence-corrected chi connectivity index (χ1v) is 6.21. The average Bonchev–Trinajstić information content (AvgIpc) is 2.21. The molecule has 0 unspecified atom stereocenters. The molecule has 0 rings (SSSR count). The van der Waals surface area contributed by atoms with E-state index >= 15 is 0 Å². The smallest absolute Gasteiger partial charge is 0.147 e. The molecule has 0 aromatic heterocycles. The molecule has 0 spiro atoms. The van der Waals surface area contributed by atoms with Gasteiger partial charge in [-0.25, -0.2) is 0 Å². The second-order valence-electron chi connectivity index (χ2n) is 3.02. The largest absolute Gasteiger partial charge is 0.382 e. The van der Waals surface area contributed by atoms with Crippen LogP contribution >= 0.6 is 0 Å². The molecular weight excluding hydrogens is 196 g/mol. The van der Waals surface area contributed by atoms with Crippen molar-refractivity contribution in [2.45, 2.75) is 20.4 Å². The van der Waals surface area contributed by atoms with Gasteiger partial charge in [-0.3, -0.25) is 0 Å². The van der Waals surface area contributed by atoms with Crippen LogP contribution in [0.3, 0.4) is 0 Å². The van der Waals surface area contributed by atoms with Gasteiger partial charge in [0, 0.05) is 7.11 Å². The lowest BCUT2D eigenvalue weighted by atomic mass is 10.3. The van der Waals surface area contributed by atoms with Gasteiger partial charge in [0.25, 0.3) is 0 Å². The molecule has 14 heavy (non-hydrogen) atoms. The van der Waals surface area contributed by atoms with E-state index in [4.69, 9.17) is 14.2 Å². The predicted octanol–water partition coefficient (Wildman–Crippen LogP) is 1.67. The molecule has 3 nitrogen and oxygen atoms in total. The van der Waals surface area contributed by atoms with E-state index in [2.05, 4.69) is 20.4 Å². The van der Waals surface area contributed by atoms with Crippen molar-refractivity contribution in [1.29, 1.82) is 0 Å². The Labute approximate surface area is 89.2 Å². The van der Waals surface area contributed by atoms with Crippen LogP contribution in [0.5, 0.6) is 0 Å². The normalized spacial score (nSPS) is 12.9. The van der Waals surface area contributed by atoms with E-state index in [1.54, 1.807) is 7.11 Å². The van der Waals surface area contributed by atoms with Crippen molar-refractivity contribution in [3.63, 3.8) is 0 Å². The lowest BCUT2D eigenvalue weighted by Crippen LogP contribution is -2.08. The zero-order chi connectivity index (χ0) is 10.8. The SMILES string of the molecule is COCCOCOCC(C)=C(C)[Si]C. The minimum atomic E-state index is 0.348. The van der Waals surface area contributed by atoms with E-state index in [-0.39, 0.29) is 0 Å². The highest BCUT2D eigenvalue weighted by molar-refractivity contribution is 6.43. The molecule has 0 aliphatic carbocycles. The van der Waals surface area contributed by atoms with E-state index in [1.807, 2.05) is 0 Å². The van der Waals surface area contributed by atoms with Gasteiger partial charge in [-0.05, 0) is 13.8 Å². The molecule has 0 heterocycles. The van der Waals surface area contributed by atoms with Crippen LogP contribution in [0.1, 0.15) is 13.8 Å². The topological polar surface area (TPSA) is 27.7 Å². The molecule has 0 fully saturated rings. The van der Waals surface area contributed by atoms with E-state index in [9.17, 15) is 0 Å². The lowest BCUT2D eigenvalue weighted by Gasteiger charge is -2.07. The average molecular weight is 216 g/mol. The summed E-state index contributed by atoms with van der Waals surface area (Å²) in [6, 6.07) is 0. The summed E-state index contributed by atoms with van der Waals surface area (Å²) >= 11 is 0. The van der Waals surface area contributed by atoms with Crippen molar-refractivity contribution in [3.05, 3.63) is 10.8 Å². The summed E-state index contributed by atoms with van der Waals surface area (Å²) in [5, 5.41) is 1.42. The Morgan fingerprint density at radius 1 is 1.14 bits per heavy atom. The molecule has 0 saturated carbocycles. The Balaban J connectivity index is 3.36. The van der Waals surface area contributed by atoms with E-state index in [0.29, 0.717) is 26.6 Å². The Bertz CT molecular complexity index is 169. The second kappa shape index (κ2) is 9.39. The first kappa shape index (κ1) is 13.8. The number of hydrogen-bond donors (Lipinski definition) is 0. The molecule has 4 heteroatoms. The molecule has 2 radical (unpaired) electrons. The summed E-state index contributed by atoms with van der Waals surface area (Å²) < 4.78 is 15.3. The van der Waals surface area contributed by atoms with Crippen molar-refractivity contribution in [2.75, 3.05) is 33.7 Å². The molecule has 0 atom stereocenters. The van der Waals surface area contributed by atoms with Crippen molar-refractivity contribution in [1.82, 2.24) is 0 Å². The number of allylic oxidation sites excluding steroid dienone is 1. The zero-order valence-corrected chi connectivity index (χ0v) is 10.6. The summed E-state index contributed by atoms with van der Waals surface area (Å²) in [5.74, 6) is 0. The molecule has 0 aliphatic rings. The van der Waals surface area contributed by atoms with Crippen molar-refractivity contribution in [3.8, 4) is 0 Å². The molecule has 82 valence electrons. The highest BCUT2D eigenvalue weighted by Gasteiger charge is 1.95. The van der Waals surface area contributed by atoms with Gasteiger partial charge in [-0.15, -0.1) is 0 Å². The van der Waals surface area contributed by atoms with Crippen LogP contribution in [0.25, 0.3) is 0 Å².